The van der Waals surface area contributed by atoms with Crippen molar-refractivity contribution in [2.45, 2.75) is 6.42 Å². The molecule has 0 radical (unpaired) electrons. The monoisotopic (exact) mass is 235 g/mol. The number of rotatable bonds is 3. The molecule has 2 heterocycles. The fraction of sp³-hybridized carbons (Fsp3) is 0.182. The Bertz CT molecular complexity index is 521. The van der Waals surface area contributed by atoms with Gasteiger partial charge in [0.05, 0.1) is 6.42 Å². The number of hydrogen-bond acceptors (Lipinski definition) is 3. The zero-order valence-electron chi connectivity index (χ0n) is 8.72. The van der Waals surface area contributed by atoms with Gasteiger partial charge in [0.1, 0.15) is 11.0 Å². The number of imidazole rings is 1. The van der Waals surface area contributed by atoms with Crippen molar-refractivity contribution < 1.29 is 4.79 Å². The SMILES string of the molecule is Cn1ccnc1CC(=O)c1ccnc(Cl)c1. The second-order valence-electron chi connectivity index (χ2n) is 3.42. The number of ketones is 1. The molecule has 0 aromatic carbocycles. The minimum Gasteiger partial charge on any atom is -0.338 e. The minimum atomic E-state index is -0.0152. The van der Waals surface area contributed by atoms with E-state index in [1.165, 1.54) is 6.20 Å². The third kappa shape index (κ3) is 2.28. The molecule has 82 valence electrons. The van der Waals surface area contributed by atoms with Gasteiger partial charge in [-0.15, -0.1) is 0 Å². The highest BCUT2D eigenvalue weighted by Crippen LogP contribution is 2.10. The molecular weight excluding hydrogens is 226 g/mol. The summed E-state index contributed by atoms with van der Waals surface area (Å²) in [6, 6.07) is 3.21. The molecule has 0 fully saturated rings. The summed E-state index contributed by atoms with van der Waals surface area (Å²) in [6.45, 7) is 0. The van der Waals surface area contributed by atoms with E-state index >= 15 is 0 Å². The summed E-state index contributed by atoms with van der Waals surface area (Å²) >= 11 is 5.72. The molecule has 0 spiro atoms. The Morgan fingerprint density at radius 1 is 1.44 bits per heavy atom. The summed E-state index contributed by atoms with van der Waals surface area (Å²) in [5, 5.41) is 0.325. The maximum absolute atomic E-state index is 11.9. The highest BCUT2D eigenvalue weighted by Gasteiger charge is 2.10. The molecule has 0 aliphatic carbocycles. The molecule has 2 aromatic heterocycles. The average Bonchev–Trinajstić information content (AvgIpc) is 2.64. The van der Waals surface area contributed by atoms with Crippen LogP contribution in [0.3, 0.4) is 0 Å². The number of pyridine rings is 1. The van der Waals surface area contributed by atoms with Gasteiger partial charge in [0.15, 0.2) is 5.78 Å². The topological polar surface area (TPSA) is 47.8 Å². The van der Waals surface area contributed by atoms with Gasteiger partial charge in [-0.25, -0.2) is 9.97 Å². The first kappa shape index (κ1) is 10.8. The number of carbonyl (C=O) groups is 1. The Labute approximate surface area is 97.9 Å². The quantitative estimate of drug-likeness (QED) is 0.603. The molecule has 2 rings (SSSR count). The molecule has 0 N–H and O–H groups in total. The number of hydrogen-bond donors (Lipinski definition) is 0. The van der Waals surface area contributed by atoms with Crippen LogP contribution in [0.25, 0.3) is 0 Å². The Balaban J connectivity index is 2.18. The fourth-order valence-corrected chi connectivity index (χ4v) is 1.56. The number of carbonyl (C=O) groups excluding carboxylic acids is 1. The highest BCUT2D eigenvalue weighted by atomic mass is 35.5. The van der Waals surface area contributed by atoms with E-state index in [2.05, 4.69) is 9.97 Å². The summed E-state index contributed by atoms with van der Waals surface area (Å²) in [5.74, 6) is 0.719. The minimum absolute atomic E-state index is 0.0152. The standard InChI is InChI=1S/C11H10ClN3O/c1-15-5-4-14-11(15)7-9(16)8-2-3-13-10(12)6-8/h2-6H,7H2,1H3. The van der Waals surface area contributed by atoms with E-state index < -0.39 is 0 Å². The Hall–Kier alpha value is -1.68. The van der Waals surface area contributed by atoms with Crippen LogP contribution in [0, 0.1) is 0 Å². The van der Waals surface area contributed by atoms with Crippen molar-refractivity contribution in [3.63, 3.8) is 0 Å². The third-order valence-corrected chi connectivity index (χ3v) is 2.49. The van der Waals surface area contributed by atoms with Crippen molar-refractivity contribution in [3.8, 4) is 0 Å². The Morgan fingerprint density at radius 3 is 2.88 bits per heavy atom. The molecular formula is C11H10ClN3O. The van der Waals surface area contributed by atoms with Gasteiger partial charge < -0.3 is 4.57 Å². The van der Waals surface area contributed by atoms with Crippen LogP contribution in [0.1, 0.15) is 16.2 Å². The van der Waals surface area contributed by atoms with Crippen LogP contribution in [0.5, 0.6) is 0 Å². The van der Waals surface area contributed by atoms with E-state index in [-0.39, 0.29) is 12.2 Å². The molecule has 0 saturated carbocycles. The van der Waals surface area contributed by atoms with Crippen LogP contribution in [-0.2, 0) is 13.5 Å². The van der Waals surface area contributed by atoms with E-state index in [0.29, 0.717) is 10.7 Å². The molecule has 5 heteroatoms. The van der Waals surface area contributed by atoms with Gasteiger partial charge in [-0.05, 0) is 12.1 Å². The molecule has 0 bridgehead atoms. The van der Waals surface area contributed by atoms with Gasteiger partial charge in [-0.3, -0.25) is 4.79 Å². The highest BCUT2D eigenvalue weighted by molar-refractivity contribution is 6.29. The van der Waals surface area contributed by atoms with E-state index in [4.69, 9.17) is 11.6 Å². The Morgan fingerprint density at radius 2 is 2.25 bits per heavy atom. The van der Waals surface area contributed by atoms with Gasteiger partial charge in [-0.2, -0.15) is 0 Å². The van der Waals surface area contributed by atoms with Gasteiger partial charge in [0, 0.05) is 31.2 Å². The maximum atomic E-state index is 11.9. The zero-order chi connectivity index (χ0) is 11.5. The van der Waals surface area contributed by atoms with E-state index in [0.717, 1.165) is 5.82 Å². The smallest absolute Gasteiger partial charge is 0.170 e. The van der Waals surface area contributed by atoms with Crippen LogP contribution in [0.2, 0.25) is 5.15 Å². The third-order valence-electron chi connectivity index (χ3n) is 2.29. The van der Waals surface area contributed by atoms with Gasteiger partial charge in [0.2, 0.25) is 0 Å². The summed E-state index contributed by atoms with van der Waals surface area (Å²) in [5.41, 5.74) is 0.558. The normalized spacial score (nSPS) is 10.4. The molecule has 2 aromatic rings. The molecule has 0 saturated heterocycles. The van der Waals surface area contributed by atoms with Gasteiger partial charge >= 0.3 is 0 Å². The molecule has 0 unspecified atom stereocenters. The zero-order valence-corrected chi connectivity index (χ0v) is 9.48. The van der Waals surface area contributed by atoms with Crippen molar-refractivity contribution in [1.82, 2.24) is 14.5 Å². The van der Waals surface area contributed by atoms with E-state index in [1.807, 2.05) is 17.8 Å². The van der Waals surface area contributed by atoms with Crippen LogP contribution in [-0.4, -0.2) is 20.3 Å². The predicted molar refractivity (Wildman–Crippen MR) is 60.5 cm³/mol. The van der Waals surface area contributed by atoms with E-state index in [1.54, 1.807) is 18.3 Å². The number of aromatic nitrogens is 3. The molecule has 0 atom stereocenters. The van der Waals surface area contributed by atoms with Crippen molar-refractivity contribution >= 4 is 17.4 Å². The molecule has 4 nitrogen and oxygen atoms in total. The van der Waals surface area contributed by atoms with Crippen molar-refractivity contribution in [1.29, 1.82) is 0 Å². The van der Waals surface area contributed by atoms with Gasteiger partial charge in [0.25, 0.3) is 0 Å². The van der Waals surface area contributed by atoms with Crippen molar-refractivity contribution in [3.05, 3.63) is 47.3 Å². The number of halogens is 1. The van der Waals surface area contributed by atoms with Crippen LogP contribution < -0.4 is 0 Å². The summed E-state index contributed by atoms with van der Waals surface area (Å²) in [7, 11) is 1.86. The van der Waals surface area contributed by atoms with Crippen molar-refractivity contribution in [2.24, 2.45) is 7.05 Å². The number of Topliss-reactive ketones (excluding diaryl/α,β-unsaturated/α-hetero) is 1. The number of aryl methyl sites for hydroxylation is 1. The first-order valence-electron chi connectivity index (χ1n) is 4.78. The lowest BCUT2D eigenvalue weighted by atomic mass is 10.1. The first-order valence-corrected chi connectivity index (χ1v) is 5.15. The average molecular weight is 236 g/mol. The molecule has 0 aliphatic rings. The van der Waals surface area contributed by atoms with Crippen LogP contribution >= 0.6 is 11.6 Å². The summed E-state index contributed by atoms with van der Waals surface area (Å²) < 4.78 is 1.82. The molecule has 0 amide bonds. The maximum Gasteiger partial charge on any atom is 0.170 e. The Kier molecular flexibility index (Phi) is 3.01. The summed E-state index contributed by atoms with van der Waals surface area (Å²) in [6.07, 6.45) is 5.27. The number of nitrogens with zero attached hydrogens (tertiary/aromatic N) is 3. The predicted octanol–water partition coefficient (Wildman–Crippen LogP) is 1.89. The van der Waals surface area contributed by atoms with Crippen LogP contribution in [0.4, 0.5) is 0 Å². The van der Waals surface area contributed by atoms with Gasteiger partial charge in [-0.1, -0.05) is 11.6 Å². The van der Waals surface area contributed by atoms with Crippen LogP contribution in [0.15, 0.2) is 30.7 Å². The second-order valence-corrected chi connectivity index (χ2v) is 3.81. The lowest BCUT2D eigenvalue weighted by molar-refractivity contribution is 0.0990. The second kappa shape index (κ2) is 4.45. The lowest BCUT2D eigenvalue weighted by Gasteiger charge is -2.01. The lowest BCUT2D eigenvalue weighted by Crippen LogP contribution is -2.08. The molecule has 0 aliphatic heterocycles. The van der Waals surface area contributed by atoms with Crippen molar-refractivity contribution in [2.75, 3.05) is 0 Å². The first-order chi connectivity index (χ1) is 7.66. The summed E-state index contributed by atoms with van der Waals surface area (Å²) in [4.78, 5) is 19.8. The fourth-order valence-electron chi connectivity index (χ4n) is 1.39. The molecule has 16 heavy (non-hydrogen) atoms. The van der Waals surface area contributed by atoms with E-state index in [9.17, 15) is 4.79 Å². The largest absolute Gasteiger partial charge is 0.338 e.